The van der Waals surface area contributed by atoms with Crippen molar-refractivity contribution in [3.8, 4) is 0 Å². The van der Waals surface area contributed by atoms with Crippen LogP contribution in [0.4, 0.5) is 5.69 Å². The summed E-state index contributed by atoms with van der Waals surface area (Å²) in [6.45, 7) is 9.75. The van der Waals surface area contributed by atoms with E-state index in [-0.39, 0.29) is 0 Å². The highest BCUT2D eigenvalue weighted by Gasteiger charge is 2.05. The number of anilines is 1. The summed E-state index contributed by atoms with van der Waals surface area (Å²) < 4.78 is 0. The average molecular weight is 220 g/mol. The van der Waals surface area contributed by atoms with Crippen LogP contribution in [0, 0.1) is 0 Å². The lowest BCUT2D eigenvalue weighted by atomic mass is 10.1. The molecule has 0 radical (unpaired) electrons. The standard InChI is InChI=1S/C14H24N2/c1-5-11(3)16-14-9-7-8-13(10-14)12(4)15-6-2/h7-12,15-16H,5-6H2,1-4H3. The Morgan fingerprint density at radius 2 is 1.94 bits per heavy atom. The second-order valence-corrected chi connectivity index (χ2v) is 4.36. The van der Waals surface area contributed by atoms with Crippen molar-refractivity contribution in [2.45, 2.75) is 46.2 Å². The second kappa shape index (κ2) is 6.54. The zero-order chi connectivity index (χ0) is 12.0. The van der Waals surface area contributed by atoms with Crippen molar-refractivity contribution in [3.05, 3.63) is 29.8 Å². The van der Waals surface area contributed by atoms with E-state index in [9.17, 15) is 0 Å². The van der Waals surface area contributed by atoms with Gasteiger partial charge in [-0.25, -0.2) is 0 Å². The maximum Gasteiger partial charge on any atom is 0.0345 e. The Morgan fingerprint density at radius 3 is 2.56 bits per heavy atom. The lowest BCUT2D eigenvalue weighted by Gasteiger charge is -2.17. The van der Waals surface area contributed by atoms with Crippen LogP contribution in [0.5, 0.6) is 0 Å². The molecule has 0 fully saturated rings. The van der Waals surface area contributed by atoms with Crippen molar-refractivity contribution in [2.24, 2.45) is 0 Å². The van der Waals surface area contributed by atoms with Crippen molar-refractivity contribution in [1.29, 1.82) is 0 Å². The molecule has 0 aliphatic heterocycles. The summed E-state index contributed by atoms with van der Waals surface area (Å²) in [5, 5.41) is 6.93. The van der Waals surface area contributed by atoms with Gasteiger partial charge in [0, 0.05) is 17.8 Å². The highest BCUT2D eigenvalue weighted by molar-refractivity contribution is 5.47. The molecule has 1 aromatic carbocycles. The zero-order valence-electron chi connectivity index (χ0n) is 10.9. The number of nitrogens with one attached hydrogen (secondary N) is 2. The Kier molecular flexibility index (Phi) is 5.33. The molecule has 1 rings (SSSR count). The van der Waals surface area contributed by atoms with Crippen LogP contribution in [0.3, 0.4) is 0 Å². The fourth-order valence-corrected chi connectivity index (χ4v) is 1.71. The molecule has 0 saturated heterocycles. The van der Waals surface area contributed by atoms with Gasteiger partial charge < -0.3 is 10.6 Å². The van der Waals surface area contributed by atoms with E-state index in [2.05, 4.69) is 62.6 Å². The van der Waals surface area contributed by atoms with E-state index in [0.29, 0.717) is 12.1 Å². The summed E-state index contributed by atoms with van der Waals surface area (Å²) in [4.78, 5) is 0. The lowest BCUT2D eigenvalue weighted by molar-refractivity contribution is 0.598. The second-order valence-electron chi connectivity index (χ2n) is 4.36. The number of rotatable bonds is 6. The Morgan fingerprint density at radius 1 is 1.19 bits per heavy atom. The summed E-state index contributed by atoms with van der Waals surface area (Å²) >= 11 is 0. The molecule has 0 amide bonds. The largest absolute Gasteiger partial charge is 0.383 e. The van der Waals surface area contributed by atoms with E-state index in [4.69, 9.17) is 0 Å². The Hall–Kier alpha value is -1.02. The fourth-order valence-electron chi connectivity index (χ4n) is 1.71. The lowest BCUT2D eigenvalue weighted by Crippen LogP contribution is -2.18. The fraction of sp³-hybridized carbons (Fsp3) is 0.571. The minimum Gasteiger partial charge on any atom is -0.383 e. The average Bonchev–Trinajstić information content (AvgIpc) is 2.29. The molecule has 0 aromatic heterocycles. The Bertz CT molecular complexity index is 309. The van der Waals surface area contributed by atoms with Gasteiger partial charge >= 0.3 is 0 Å². The number of benzene rings is 1. The molecule has 0 aliphatic carbocycles. The normalized spacial score (nSPS) is 14.5. The van der Waals surface area contributed by atoms with E-state index in [1.165, 1.54) is 11.3 Å². The van der Waals surface area contributed by atoms with Crippen LogP contribution in [0.25, 0.3) is 0 Å². The molecule has 0 spiro atoms. The Balaban J connectivity index is 2.70. The molecule has 90 valence electrons. The van der Waals surface area contributed by atoms with Crippen LogP contribution in [-0.2, 0) is 0 Å². The molecule has 0 heterocycles. The summed E-state index contributed by atoms with van der Waals surface area (Å²) in [5.74, 6) is 0. The molecule has 2 atom stereocenters. The highest BCUT2D eigenvalue weighted by Crippen LogP contribution is 2.18. The molecule has 1 aromatic rings. The van der Waals surface area contributed by atoms with E-state index in [0.717, 1.165) is 13.0 Å². The van der Waals surface area contributed by atoms with Crippen LogP contribution in [0.1, 0.15) is 45.7 Å². The van der Waals surface area contributed by atoms with Gasteiger partial charge in [0.25, 0.3) is 0 Å². The number of hydrogen-bond donors (Lipinski definition) is 2. The van der Waals surface area contributed by atoms with E-state index < -0.39 is 0 Å². The molecule has 16 heavy (non-hydrogen) atoms. The van der Waals surface area contributed by atoms with Crippen molar-refractivity contribution in [3.63, 3.8) is 0 Å². The van der Waals surface area contributed by atoms with Crippen LogP contribution >= 0.6 is 0 Å². The maximum atomic E-state index is 3.50. The van der Waals surface area contributed by atoms with Crippen LogP contribution in [0.15, 0.2) is 24.3 Å². The van der Waals surface area contributed by atoms with Gasteiger partial charge in [0.2, 0.25) is 0 Å². The predicted molar refractivity (Wildman–Crippen MR) is 71.9 cm³/mol. The third kappa shape index (κ3) is 3.86. The topological polar surface area (TPSA) is 24.1 Å². The molecule has 0 aliphatic rings. The monoisotopic (exact) mass is 220 g/mol. The summed E-state index contributed by atoms with van der Waals surface area (Å²) in [5.41, 5.74) is 2.56. The highest BCUT2D eigenvalue weighted by atomic mass is 14.9. The van der Waals surface area contributed by atoms with E-state index >= 15 is 0 Å². The summed E-state index contributed by atoms with van der Waals surface area (Å²) in [7, 11) is 0. The SMILES string of the molecule is CCNC(C)c1cccc(NC(C)CC)c1. The molecule has 2 heteroatoms. The van der Waals surface area contributed by atoms with Gasteiger partial charge in [-0.2, -0.15) is 0 Å². The van der Waals surface area contributed by atoms with Gasteiger partial charge in [-0.1, -0.05) is 26.0 Å². The zero-order valence-corrected chi connectivity index (χ0v) is 10.9. The molecule has 0 saturated carbocycles. The quantitative estimate of drug-likeness (QED) is 0.766. The van der Waals surface area contributed by atoms with Crippen molar-refractivity contribution < 1.29 is 0 Å². The molecule has 2 unspecified atom stereocenters. The van der Waals surface area contributed by atoms with Crippen molar-refractivity contribution in [2.75, 3.05) is 11.9 Å². The molecule has 2 N–H and O–H groups in total. The van der Waals surface area contributed by atoms with Crippen LogP contribution < -0.4 is 10.6 Å². The van der Waals surface area contributed by atoms with Gasteiger partial charge in [-0.15, -0.1) is 0 Å². The van der Waals surface area contributed by atoms with Crippen molar-refractivity contribution >= 4 is 5.69 Å². The van der Waals surface area contributed by atoms with Gasteiger partial charge in [-0.3, -0.25) is 0 Å². The summed E-state index contributed by atoms with van der Waals surface area (Å²) in [6, 6.07) is 9.62. The van der Waals surface area contributed by atoms with Gasteiger partial charge in [0.05, 0.1) is 0 Å². The summed E-state index contributed by atoms with van der Waals surface area (Å²) in [6.07, 6.45) is 1.15. The minimum absolute atomic E-state index is 0.420. The Labute approximate surface area is 99.5 Å². The van der Waals surface area contributed by atoms with E-state index in [1.54, 1.807) is 0 Å². The first-order chi connectivity index (χ1) is 7.67. The van der Waals surface area contributed by atoms with Gasteiger partial charge in [0.1, 0.15) is 0 Å². The maximum absolute atomic E-state index is 3.50. The minimum atomic E-state index is 0.420. The van der Waals surface area contributed by atoms with Crippen LogP contribution in [0.2, 0.25) is 0 Å². The van der Waals surface area contributed by atoms with Crippen LogP contribution in [-0.4, -0.2) is 12.6 Å². The van der Waals surface area contributed by atoms with Crippen molar-refractivity contribution in [1.82, 2.24) is 5.32 Å². The first-order valence-electron chi connectivity index (χ1n) is 6.27. The number of hydrogen-bond acceptors (Lipinski definition) is 2. The van der Waals surface area contributed by atoms with E-state index in [1.807, 2.05) is 0 Å². The van der Waals surface area contributed by atoms with Gasteiger partial charge in [-0.05, 0) is 44.5 Å². The first kappa shape index (κ1) is 13.0. The molecule has 0 bridgehead atoms. The predicted octanol–water partition coefficient (Wildman–Crippen LogP) is 3.57. The first-order valence-corrected chi connectivity index (χ1v) is 6.27. The third-order valence-electron chi connectivity index (χ3n) is 2.92. The molecular formula is C14H24N2. The van der Waals surface area contributed by atoms with Gasteiger partial charge in [0.15, 0.2) is 0 Å². The molecular weight excluding hydrogens is 196 g/mol. The smallest absolute Gasteiger partial charge is 0.0345 e. The molecule has 2 nitrogen and oxygen atoms in total. The third-order valence-corrected chi connectivity index (χ3v) is 2.92.